The highest BCUT2D eigenvalue weighted by Gasteiger charge is 2.26. The Hall–Kier alpha value is -3.41. The summed E-state index contributed by atoms with van der Waals surface area (Å²) >= 11 is 0. The highest BCUT2D eigenvalue weighted by atomic mass is 16.5. The predicted octanol–water partition coefficient (Wildman–Crippen LogP) is 3.69. The molecule has 0 radical (unpaired) electrons. The summed E-state index contributed by atoms with van der Waals surface area (Å²) in [6, 6.07) is 21.7. The lowest BCUT2D eigenvalue weighted by molar-refractivity contribution is -0.125. The number of ether oxygens (including phenoxy) is 1. The lowest BCUT2D eigenvalue weighted by atomic mass is 9.97. The summed E-state index contributed by atoms with van der Waals surface area (Å²) in [4.78, 5) is 14.9. The van der Waals surface area contributed by atoms with Crippen molar-refractivity contribution in [3.05, 3.63) is 72.3 Å². The van der Waals surface area contributed by atoms with Gasteiger partial charge in [0.15, 0.2) is 5.82 Å². The number of anilines is 1. The lowest BCUT2D eigenvalue weighted by Gasteiger charge is -2.32. The van der Waals surface area contributed by atoms with Crippen LogP contribution in [-0.2, 0) is 11.3 Å². The molecule has 0 bridgehead atoms. The van der Waals surface area contributed by atoms with Crippen LogP contribution in [0.4, 0.5) is 5.82 Å². The Balaban J connectivity index is 1.37. The Bertz CT molecular complexity index is 976. The zero-order valence-electron chi connectivity index (χ0n) is 17.1. The second-order valence-electron chi connectivity index (χ2n) is 7.46. The number of amides is 1. The van der Waals surface area contributed by atoms with Crippen molar-refractivity contribution in [3.8, 4) is 17.0 Å². The van der Waals surface area contributed by atoms with Crippen molar-refractivity contribution in [2.24, 2.45) is 5.92 Å². The van der Waals surface area contributed by atoms with Gasteiger partial charge in [0, 0.05) is 30.8 Å². The van der Waals surface area contributed by atoms with E-state index in [1.54, 1.807) is 7.11 Å². The van der Waals surface area contributed by atoms with E-state index in [9.17, 15) is 4.79 Å². The molecule has 0 unspecified atom stereocenters. The maximum absolute atomic E-state index is 12.8. The van der Waals surface area contributed by atoms with E-state index in [1.807, 2.05) is 66.7 Å². The summed E-state index contributed by atoms with van der Waals surface area (Å²) in [7, 11) is 1.64. The van der Waals surface area contributed by atoms with Crippen LogP contribution >= 0.6 is 0 Å². The van der Waals surface area contributed by atoms with Crippen molar-refractivity contribution in [3.63, 3.8) is 0 Å². The fraction of sp³-hybridized carbons (Fsp3) is 0.292. The molecule has 0 aliphatic carbocycles. The van der Waals surface area contributed by atoms with Gasteiger partial charge in [-0.05, 0) is 31.0 Å². The molecule has 0 spiro atoms. The number of hydrogen-bond acceptors (Lipinski definition) is 5. The van der Waals surface area contributed by atoms with Crippen molar-refractivity contribution >= 4 is 11.7 Å². The molecule has 1 atom stereocenters. The van der Waals surface area contributed by atoms with Crippen molar-refractivity contribution in [1.29, 1.82) is 0 Å². The Labute approximate surface area is 176 Å². The highest BCUT2D eigenvalue weighted by Crippen LogP contribution is 2.24. The van der Waals surface area contributed by atoms with Crippen LogP contribution in [0.15, 0.2) is 66.7 Å². The normalized spacial score (nSPS) is 16.2. The number of nitrogens with one attached hydrogen (secondary N) is 1. The minimum absolute atomic E-state index is 0.0657. The molecule has 1 amide bonds. The average Bonchev–Trinajstić information content (AvgIpc) is 2.83. The van der Waals surface area contributed by atoms with Crippen LogP contribution in [0.2, 0.25) is 0 Å². The maximum Gasteiger partial charge on any atom is 0.225 e. The number of carbonyl (C=O) groups excluding carboxylic acids is 1. The van der Waals surface area contributed by atoms with E-state index in [0.29, 0.717) is 13.1 Å². The first-order chi connectivity index (χ1) is 14.7. The third-order valence-electron chi connectivity index (χ3n) is 5.48. The Morgan fingerprint density at radius 3 is 2.63 bits per heavy atom. The molecule has 1 fully saturated rings. The van der Waals surface area contributed by atoms with Crippen molar-refractivity contribution in [1.82, 2.24) is 15.5 Å². The fourth-order valence-corrected chi connectivity index (χ4v) is 3.83. The first-order valence-corrected chi connectivity index (χ1v) is 10.3. The molecule has 0 saturated carbocycles. The van der Waals surface area contributed by atoms with Crippen LogP contribution in [0.3, 0.4) is 0 Å². The molecule has 4 rings (SSSR count). The largest absolute Gasteiger partial charge is 0.496 e. The second kappa shape index (κ2) is 9.39. The number of nitrogens with zero attached hydrogens (tertiary/aromatic N) is 3. The summed E-state index contributed by atoms with van der Waals surface area (Å²) in [6.45, 7) is 2.00. The summed E-state index contributed by atoms with van der Waals surface area (Å²) in [6.07, 6.45) is 1.83. The quantitative estimate of drug-likeness (QED) is 0.681. The van der Waals surface area contributed by atoms with Gasteiger partial charge < -0.3 is 15.0 Å². The third-order valence-corrected chi connectivity index (χ3v) is 5.48. The van der Waals surface area contributed by atoms with Gasteiger partial charge in [0.1, 0.15) is 5.75 Å². The Morgan fingerprint density at radius 1 is 1.07 bits per heavy atom. The number of para-hydroxylation sites is 1. The van der Waals surface area contributed by atoms with Crippen LogP contribution in [0.25, 0.3) is 11.3 Å². The molecule has 1 aromatic heterocycles. The van der Waals surface area contributed by atoms with Crippen LogP contribution in [0, 0.1) is 5.92 Å². The van der Waals surface area contributed by atoms with Crippen molar-refractivity contribution in [2.45, 2.75) is 19.4 Å². The summed E-state index contributed by atoms with van der Waals surface area (Å²) < 4.78 is 5.36. The molecule has 1 aliphatic heterocycles. The van der Waals surface area contributed by atoms with Crippen LogP contribution in [-0.4, -0.2) is 36.3 Å². The van der Waals surface area contributed by atoms with Crippen LogP contribution in [0.5, 0.6) is 5.75 Å². The Kier molecular flexibility index (Phi) is 6.23. The van der Waals surface area contributed by atoms with E-state index >= 15 is 0 Å². The van der Waals surface area contributed by atoms with Crippen LogP contribution < -0.4 is 15.0 Å². The number of carbonyl (C=O) groups is 1. The second-order valence-corrected chi connectivity index (χ2v) is 7.46. The molecule has 1 aliphatic rings. The number of hydrogen-bond donors (Lipinski definition) is 1. The van der Waals surface area contributed by atoms with Gasteiger partial charge in [0.25, 0.3) is 0 Å². The lowest BCUT2D eigenvalue weighted by Crippen LogP contribution is -2.43. The van der Waals surface area contributed by atoms with Gasteiger partial charge in [-0.25, -0.2) is 0 Å². The summed E-state index contributed by atoms with van der Waals surface area (Å²) in [5, 5.41) is 11.9. The molecule has 2 aromatic carbocycles. The molecule has 2 heterocycles. The van der Waals surface area contributed by atoms with E-state index in [0.717, 1.165) is 47.8 Å². The predicted molar refractivity (Wildman–Crippen MR) is 117 cm³/mol. The number of aromatic nitrogens is 2. The molecule has 3 aromatic rings. The monoisotopic (exact) mass is 402 g/mol. The van der Waals surface area contributed by atoms with Gasteiger partial charge in [-0.3, -0.25) is 4.79 Å². The topological polar surface area (TPSA) is 67.3 Å². The van der Waals surface area contributed by atoms with E-state index in [2.05, 4.69) is 20.4 Å². The number of piperidine rings is 1. The van der Waals surface area contributed by atoms with E-state index in [4.69, 9.17) is 4.74 Å². The average molecular weight is 402 g/mol. The molecular formula is C24H26N4O2. The van der Waals surface area contributed by atoms with Gasteiger partial charge in [-0.1, -0.05) is 48.5 Å². The Morgan fingerprint density at radius 2 is 1.87 bits per heavy atom. The SMILES string of the molecule is COc1ccccc1CNC(=O)[C@@H]1CCCN(c2ccc(-c3ccccc3)nn2)C1. The standard InChI is InChI=1S/C24H26N4O2/c1-30-22-12-6-5-10-19(22)16-25-24(29)20-11-7-15-28(17-20)23-14-13-21(26-27-23)18-8-3-2-4-9-18/h2-6,8-10,12-14,20H,7,11,15-17H2,1H3,(H,25,29)/t20-/m1/s1. The third kappa shape index (κ3) is 4.59. The fourth-order valence-electron chi connectivity index (χ4n) is 3.83. The summed E-state index contributed by atoms with van der Waals surface area (Å²) in [5.41, 5.74) is 2.87. The first kappa shape index (κ1) is 19.9. The minimum atomic E-state index is -0.0657. The van der Waals surface area contributed by atoms with E-state index in [-0.39, 0.29) is 11.8 Å². The number of methoxy groups -OCH3 is 1. The van der Waals surface area contributed by atoms with Gasteiger partial charge in [0.2, 0.25) is 5.91 Å². The van der Waals surface area contributed by atoms with Crippen molar-refractivity contribution < 1.29 is 9.53 Å². The molecule has 1 saturated heterocycles. The molecule has 6 heteroatoms. The minimum Gasteiger partial charge on any atom is -0.496 e. The summed E-state index contributed by atoms with van der Waals surface area (Å²) in [5.74, 6) is 1.61. The molecule has 6 nitrogen and oxygen atoms in total. The van der Waals surface area contributed by atoms with E-state index < -0.39 is 0 Å². The number of rotatable bonds is 6. The molecule has 30 heavy (non-hydrogen) atoms. The van der Waals surface area contributed by atoms with Crippen LogP contribution in [0.1, 0.15) is 18.4 Å². The van der Waals surface area contributed by atoms with E-state index in [1.165, 1.54) is 0 Å². The maximum atomic E-state index is 12.8. The van der Waals surface area contributed by atoms with Gasteiger partial charge >= 0.3 is 0 Å². The van der Waals surface area contributed by atoms with Gasteiger partial charge in [-0.2, -0.15) is 0 Å². The van der Waals surface area contributed by atoms with Gasteiger partial charge in [-0.15, -0.1) is 10.2 Å². The first-order valence-electron chi connectivity index (χ1n) is 10.3. The molecular weight excluding hydrogens is 376 g/mol. The van der Waals surface area contributed by atoms with Crippen molar-refractivity contribution in [2.75, 3.05) is 25.1 Å². The highest BCUT2D eigenvalue weighted by molar-refractivity contribution is 5.79. The smallest absolute Gasteiger partial charge is 0.225 e. The molecule has 154 valence electrons. The molecule has 1 N–H and O–H groups in total. The number of benzene rings is 2. The zero-order chi connectivity index (χ0) is 20.8. The van der Waals surface area contributed by atoms with Gasteiger partial charge in [0.05, 0.1) is 18.7 Å². The zero-order valence-corrected chi connectivity index (χ0v) is 17.1.